The van der Waals surface area contributed by atoms with E-state index in [9.17, 15) is 0 Å². The van der Waals surface area contributed by atoms with Crippen LogP contribution in [0.1, 0.15) is 29.3 Å². The first-order chi connectivity index (χ1) is 11.7. The Bertz CT molecular complexity index is 853. The van der Waals surface area contributed by atoms with Gasteiger partial charge in [-0.1, -0.05) is 30.3 Å². The molecule has 1 atom stereocenters. The first-order valence-electron chi connectivity index (χ1n) is 8.39. The number of rotatable bonds is 3. The molecule has 24 heavy (non-hydrogen) atoms. The minimum absolute atomic E-state index is 0.371. The molecule has 0 saturated heterocycles. The molecular weight excluding hydrogens is 298 g/mol. The third-order valence-corrected chi connectivity index (χ3v) is 4.40. The van der Waals surface area contributed by atoms with Crippen LogP contribution >= 0.6 is 0 Å². The smallest absolute Gasteiger partial charge is 0.161 e. The van der Waals surface area contributed by atoms with Crippen molar-refractivity contribution in [3.63, 3.8) is 0 Å². The zero-order valence-electron chi connectivity index (χ0n) is 14.0. The molecule has 4 rings (SSSR count). The maximum atomic E-state index is 4.71. The van der Waals surface area contributed by atoms with Crippen LogP contribution in [0.2, 0.25) is 0 Å². The minimum atomic E-state index is 0.371. The van der Waals surface area contributed by atoms with Gasteiger partial charge in [0.15, 0.2) is 5.82 Å². The second-order valence-corrected chi connectivity index (χ2v) is 6.42. The van der Waals surface area contributed by atoms with E-state index in [0.717, 1.165) is 48.0 Å². The van der Waals surface area contributed by atoms with Gasteiger partial charge >= 0.3 is 0 Å². The molecule has 2 aromatic heterocycles. The maximum Gasteiger partial charge on any atom is 0.161 e. The molecule has 5 nitrogen and oxygen atoms in total. The Labute approximate surface area is 141 Å². The van der Waals surface area contributed by atoms with Crippen molar-refractivity contribution < 1.29 is 0 Å². The molecule has 0 radical (unpaired) electrons. The summed E-state index contributed by atoms with van der Waals surface area (Å²) in [5.74, 6) is 2.67. The highest BCUT2D eigenvalue weighted by atomic mass is 15.1. The zero-order valence-corrected chi connectivity index (χ0v) is 14.0. The summed E-state index contributed by atoms with van der Waals surface area (Å²) in [6.45, 7) is 4.03. The quantitative estimate of drug-likeness (QED) is 0.776. The Hall–Kier alpha value is -2.69. The van der Waals surface area contributed by atoms with Crippen LogP contribution in [0.3, 0.4) is 0 Å². The summed E-state index contributed by atoms with van der Waals surface area (Å²) in [6.07, 6.45) is 3.04. The van der Waals surface area contributed by atoms with E-state index in [4.69, 9.17) is 4.98 Å². The van der Waals surface area contributed by atoms with Gasteiger partial charge in [0.05, 0.1) is 5.69 Å². The summed E-state index contributed by atoms with van der Waals surface area (Å²) in [5.41, 5.74) is 4.49. The molecule has 0 fully saturated rings. The fraction of sp³-hybridized carbons (Fsp3) is 0.316. The highest BCUT2D eigenvalue weighted by molar-refractivity contribution is 5.57. The van der Waals surface area contributed by atoms with Crippen LogP contribution in [-0.2, 0) is 12.8 Å². The van der Waals surface area contributed by atoms with Crippen LogP contribution < -0.4 is 5.32 Å². The lowest BCUT2D eigenvalue weighted by Crippen LogP contribution is -2.28. The molecule has 5 heteroatoms. The number of aromatic nitrogens is 4. The van der Waals surface area contributed by atoms with Crippen LogP contribution in [0.15, 0.2) is 36.4 Å². The highest BCUT2D eigenvalue weighted by Crippen LogP contribution is 2.23. The average Bonchev–Trinajstić information content (AvgIpc) is 2.94. The molecule has 1 unspecified atom stereocenters. The van der Waals surface area contributed by atoms with Crippen molar-refractivity contribution in [1.29, 1.82) is 0 Å². The number of nitrogens with zero attached hydrogens (tertiary/aromatic N) is 3. The van der Waals surface area contributed by atoms with Crippen LogP contribution in [0.4, 0.5) is 5.82 Å². The monoisotopic (exact) mass is 319 g/mol. The Morgan fingerprint density at radius 2 is 1.92 bits per heavy atom. The van der Waals surface area contributed by atoms with E-state index in [-0.39, 0.29) is 0 Å². The molecule has 1 aliphatic carbocycles. The maximum absolute atomic E-state index is 4.71. The van der Waals surface area contributed by atoms with Gasteiger partial charge in [0, 0.05) is 35.5 Å². The SMILES string of the molecule is Cc1cc(NC2CCc3nc(C)[nH]c3C2)nc(-c2ccccc2)n1. The summed E-state index contributed by atoms with van der Waals surface area (Å²) < 4.78 is 0. The van der Waals surface area contributed by atoms with E-state index < -0.39 is 0 Å². The van der Waals surface area contributed by atoms with Crippen LogP contribution in [0, 0.1) is 13.8 Å². The van der Waals surface area contributed by atoms with E-state index in [1.807, 2.05) is 50.2 Å². The molecule has 0 bridgehead atoms. The van der Waals surface area contributed by atoms with Gasteiger partial charge in [-0.25, -0.2) is 15.0 Å². The average molecular weight is 319 g/mol. The molecule has 0 aliphatic heterocycles. The third-order valence-electron chi connectivity index (χ3n) is 4.40. The topological polar surface area (TPSA) is 66.5 Å². The first kappa shape index (κ1) is 14.9. The van der Waals surface area contributed by atoms with E-state index >= 15 is 0 Å². The molecule has 0 spiro atoms. The van der Waals surface area contributed by atoms with Crippen LogP contribution in [0.25, 0.3) is 11.4 Å². The fourth-order valence-electron chi connectivity index (χ4n) is 3.31. The number of hydrogen-bond acceptors (Lipinski definition) is 4. The van der Waals surface area contributed by atoms with E-state index in [1.165, 1.54) is 11.4 Å². The normalized spacial score (nSPS) is 16.7. The number of imidazole rings is 1. The number of fused-ring (bicyclic) bond motifs is 1. The number of nitrogens with one attached hydrogen (secondary N) is 2. The predicted octanol–water partition coefficient (Wildman–Crippen LogP) is 3.45. The van der Waals surface area contributed by atoms with Crippen molar-refractivity contribution in [2.75, 3.05) is 5.32 Å². The van der Waals surface area contributed by atoms with Gasteiger partial charge < -0.3 is 10.3 Å². The third kappa shape index (κ3) is 3.02. The van der Waals surface area contributed by atoms with Crippen molar-refractivity contribution in [2.45, 2.75) is 39.2 Å². The number of hydrogen-bond donors (Lipinski definition) is 2. The number of aromatic amines is 1. The van der Waals surface area contributed by atoms with Gasteiger partial charge in [-0.05, 0) is 26.7 Å². The molecule has 3 aromatic rings. The molecule has 2 N–H and O–H groups in total. The van der Waals surface area contributed by atoms with Gasteiger partial charge in [0.2, 0.25) is 0 Å². The van der Waals surface area contributed by atoms with E-state index in [2.05, 4.69) is 20.3 Å². The standard InChI is InChI=1S/C19H21N5/c1-12-10-18(24-19(20-12)14-6-4-3-5-7-14)23-15-8-9-16-17(11-15)22-13(2)21-16/h3-7,10,15H,8-9,11H2,1-2H3,(H,21,22)(H,20,23,24). The number of benzene rings is 1. The van der Waals surface area contributed by atoms with Gasteiger partial charge in [-0.15, -0.1) is 0 Å². The van der Waals surface area contributed by atoms with Crippen LogP contribution in [0.5, 0.6) is 0 Å². The zero-order chi connectivity index (χ0) is 16.5. The molecule has 2 heterocycles. The van der Waals surface area contributed by atoms with Gasteiger partial charge in [-0.2, -0.15) is 0 Å². The summed E-state index contributed by atoms with van der Waals surface area (Å²) in [6, 6.07) is 12.5. The van der Waals surface area contributed by atoms with E-state index in [0.29, 0.717) is 6.04 Å². The predicted molar refractivity (Wildman–Crippen MR) is 95.0 cm³/mol. The van der Waals surface area contributed by atoms with Crippen molar-refractivity contribution in [3.05, 3.63) is 59.3 Å². The van der Waals surface area contributed by atoms with E-state index in [1.54, 1.807) is 0 Å². The Morgan fingerprint density at radius 1 is 1.08 bits per heavy atom. The first-order valence-corrected chi connectivity index (χ1v) is 8.39. The number of H-pyrrole nitrogens is 1. The number of aryl methyl sites for hydroxylation is 3. The summed E-state index contributed by atoms with van der Waals surface area (Å²) in [4.78, 5) is 17.2. The van der Waals surface area contributed by atoms with Gasteiger partial charge in [-0.3, -0.25) is 0 Å². The minimum Gasteiger partial charge on any atom is -0.367 e. The van der Waals surface area contributed by atoms with Crippen molar-refractivity contribution in [1.82, 2.24) is 19.9 Å². The van der Waals surface area contributed by atoms with Crippen LogP contribution in [-0.4, -0.2) is 26.0 Å². The highest BCUT2D eigenvalue weighted by Gasteiger charge is 2.22. The molecule has 0 amide bonds. The van der Waals surface area contributed by atoms with Crippen molar-refractivity contribution >= 4 is 5.82 Å². The lowest BCUT2D eigenvalue weighted by Gasteiger charge is -2.23. The summed E-state index contributed by atoms with van der Waals surface area (Å²) in [7, 11) is 0. The van der Waals surface area contributed by atoms with Crippen molar-refractivity contribution in [3.8, 4) is 11.4 Å². The Balaban J connectivity index is 1.56. The molecule has 0 saturated carbocycles. The summed E-state index contributed by atoms with van der Waals surface area (Å²) in [5, 5.41) is 3.58. The van der Waals surface area contributed by atoms with Crippen molar-refractivity contribution in [2.24, 2.45) is 0 Å². The lowest BCUT2D eigenvalue weighted by atomic mass is 9.96. The number of anilines is 1. The largest absolute Gasteiger partial charge is 0.367 e. The van der Waals surface area contributed by atoms with Gasteiger partial charge in [0.1, 0.15) is 11.6 Å². The second kappa shape index (κ2) is 6.07. The van der Waals surface area contributed by atoms with Gasteiger partial charge in [0.25, 0.3) is 0 Å². The Morgan fingerprint density at radius 3 is 2.75 bits per heavy atom. The molecule has 1 aliphatic rings. The fourth-order valence-corrected chi connectivity index (χ4v) is 3.31. The Kier molecular flexibility index (Phi) is 3.76. The molecule has 1 aromatic carbocycles. The second-order valence-electron chi connectivity index (χ2n) is 6.42. The lowest BCUT2D eigenvalue weighted by molar-refractivity contribution is 0.595. The molecule has 122 valence electrons. The molecular formula is C19H21N5. The summed E-state index contributed by atoms with van der Waals surface area (Å²) >= 11 is 0.